The first kappa shape index (κ1) is 23.3. The summed E-state index contributed by atoms with van der Waals surface area (Å²) in [7, 11) is 0. The number of nitrogens with zero attached hydrogens (tertiary/aromatic N) is 2. The Balaban J connectivity index is 1.27. The molecule has 2 aliphatic heterocycles. The summed E-state index contributed by atoms with van der Waals surface area (Å²) in [6.07, 6.45) is -2.19. The van der Waals surface area contributed by atoms with Crippen LogP contribution in [0.5, 0.6) is 0 Å². The largest absolute Gasteiger partial charge is 0.416 e. The molecule has 0 aliphatic carbocycles. The second kappa shape index (κ2) is 8.99. The molecule has 1 aromatic heterocycles. The molecule has 2 N–H and O–H groups in total. The minimum absolute atomic E-state index is 0.183. The fourth-order valence-corrected chi connectivity index (χ4v) is 5.08. The zero-order valence-electron chi connectivity index (χ0n) is 18.9. The Labute approximate surface area is 198 Å². The number of nitrogens with one attached hydrogen (secondary N) is 2. The zero-order chi connectivity index (χ0) is 24.7. The van der Waals surface area contributed by atoms with Gasteiger partial charge in [0.15, 0.2) is 0 Å². The van der Waals surface area contributed by atoms with E-state index < -0.39 is 23.7 Å². The fraction of sp³-hybridized carbons (Fsp3) is 0.400. The highest BCUT2D eigenvalue weighted by atomic mass is 19.4. The van der Waals surface area contributed by atoms with Crippen LogP contribution in [-0.4, -0.2) is 39.6 Å². The van der Waals surface area contributed by atoms with Crippen LogP contribution in [0.3, 0.4) is 0 Å². The number of hydrogen-bond acceptors (Lipinski definition) is 4. The maximum atomic E-state index is 13.0. The molecule has 2 amide bonds. The van der Waals surface area contributed by atoms with Gasteiger partial charge in [0.25, 0.3) is 11.5 Å². The van der Waals surface area contributed by atoms with Crippen LogP contribution in [-0.2, 0) is 22.3 Å². The van der Waals surface area contributed by atoms with Crippen molar-refractivity contribution in [3.05, 3.63) is 69.5 Å². The summed E-state index contributed by atoms with van der Waals surface area (Å²) in [5, 5.41) is 5.81. The van der Waals surface area contributed by atoms with E-state index in [-0.39, 0.29) is 30.2 Å². The Morgan fingerprint density at radius 3 is 2.46 bits per heavy atom. The molecular weight excluding hydrogens is 461 g/mol. The smallest absolute Gasteiger partial charge is 0.299 e. The van der Waals surface area contributed by atoms with Gasteiger partial charge >= 0.3 is 6.18 Å². The van der Waals surface area contributed by atoms with Crippen molar-refractivity contribution in [1.29, 1.82) is 0 Å². The van der Waals surface area contributed by atoms with E-state index in [2.05, 4.69) is 15.3 Å². The molecule has 1 unspecified atom stereocenters. The average Bonchev–Trinajstić information content (AvgIpc) is 3.15. The lowest BCUT2D eigenvalue weighted by Gasteiger charge is -2.32. The number of carbonyl (C=O) groups excluding carboxylic acids is 2. The first-order chi connectivity index (χ1) is 16.7. The molecule has 35 heavy (non-hydrogen) atoms. The number of halogens is 3. The number of hydrogen-bond donors (Lipinski definition) is 2. The third-order valence-electron chi connectivity index (χ3n) is 6.97. The highest BCUT2D eigenvalue weighted by molar-refractivity contribution is 5.99. The summed E-state index contributed by atoms with van der Waals surface area (Å²) >= 11 is 0. The summed E-state index contributed by atoms with van der Waals surface area (Å²) in [5.74, 6) is -0.556. The number of alkyl halides is 3. The van der Waals surface area contributed by atoms with Crippen molar-refractivity contribution in [3.63, 3.8) is 0 Å². The Morgan fingerprint density at radius 2 is 1.74 bits per heavy atom. The van der Waals surface area contributed by atoms with Gasteiger partial charge in [-0.25, -0.2) is 4.68 Å². The Kier molecular flexibility index (Phi) is 6.00. The van der Waals surface area contributed by atoms with Crippen molar-refractivity contribution >= 4 is 22.7 Å². The molecular formula is C25H25F3N4O3. The van der Waals surface area contributed by atoms with E-state index in [1.165, 1.54) is 16.8 Å². The third-order valence-corrected chi connectivity index (χ3v) is 6.97. The number of benzene rings is 2. The van der Waals surface area contributed by atoms with E-state index in [1.54, 1.807) is 12.1 Å². The maximum absolute atomic E-state index is 13.0. The lowest BCUT2D eigenvalue weighted by molar-refractivity contribution is -0.138. The number of piperidine rings is 2. The van der Waals surface area contributed by atoms with Crippen LogP contribution in [0.1, 0.15) is 54.3 Å². The number of carbonyl (C=O) groups is 2. The molecule has 0 spiro atoms. The molecule has 0 bridgehead atoms. The SMILES string of the molecule is O=C1CCC(n2[nH]c3cc(C4CCN(Cc5cccc(C(F)(F)F)c5)CC4)ccc3c2=O)C(=O)N1. The number of aromatic nitrogens is 2. The summed E-state index contributed by atoms with van der Waals surface area (Å²) in [4.78, 5) is 38.6. The van der Waals surface area contributed by atoms with Crippen molar-refractivity contribution in [2.24, 2.45) is 0 Å². The number of rotatable bonds is 4. The molecule has 2 saturated heterocycles. The number of aromatic amines is 1. The summed E-state index contributed by atoms with van der Waals surface area (Å²) in [6.45, 7) is 1.98. The van der Waals surface area contributed by atoms with Crippen LogP contribution in [0.4, 0.5) is 13.2 Å². The number of imide groups is 1. The minimum Gasteiger partial charge on any atom is -0.299 e. The molecule has 10 heteroatoms. The summed E-state index contributed by atoms with van der Waals surface area (Å²) in [5.41, 5.74) is 1.44. The van der Waals surface area contributed by atoms with Crippen LogP contribution >= 0.6 is 0 Å². The zero-order valence-corrected chi connectivity index (χ0v) is 18.9. The van der Waals surface area contributed by atoms with Gasteiger partial charge in [-0.2, -0.15) is 13.2 Å². The van der Waals surface area contributed by atoms with Crippen molar-refractivity contribution < 1.29 is 22.8 Å². The molecule has 7 nitrogen and oxygen atoms in total. The molecule has 2 aliphatic rings. The standard InChI is InChI=1S/C25H25F3N4O3/c26-25(27,28)18-3-1-2-15(12-18)14-31-10-8-16(9-11-31)17-4-5-19-20(13-17)30-32(24(19)35)21-6-7-22(33)29-23(21)34/h1-5,12-13,16,21,30H,6-11,14H2,(H,29,33,34). The topological polar surface area (TPSA) is 87.2 Å². The van der Waals surface area contributed by atoms with Crippen molar-refractivity contribution in [3.8, 4) is 0 Å². The Morgan fingerprint density at radius 1 is 0.971 bits per heavy atom. The second-order valence-electron chi connectivity index (χ2n) is 9.31. The van der Waals surface area contributed by atoms with Gasteiger partial charge in [0.1, 0.15) is 6.04 Å². The highest BCUT2D eigenvalue weighted by Gasteiger charge is 2.31. The van der Waals surface area contributed by atoms with Gasteiger partial charge in [0.05, 0.1) is 16.5 Å². The molecule has 2 fully saturated rings. The molecule has 3 aromatic rings. The number of likely N-dealkylation sites (tertiary alicyclic amines) is 1. The van der Waals surface area contributed by atoms with E-state index in [4.69, 9.17) is 0 Å². The fourth-order valence-electron chi connectivity index (χ4n) is 5.08. The van der Waals surface area contributed by atoms with E-state index >= 15 is 0 Å². The molecule has 3 heterocycles. The monoisotopic (exact) mass is 486 g/mol. The van der Waals surface area contributed by atoms with E-state index in [9.17, 15) is 27.6 Å². The first-order valence-corrected chi connectivity index (χ1v) is 11.7. The number of amides is 2. The van der Waals surface area contributed by atoms with Crippen LogP contribution in [0, 0.1) is 0 Å². The average molecular weight is 486 g/mol. The maximum Gasteiger partial charge on any atom is 0.416 e. The van der Waals surface area contributed by atoms with Crippen LogP contribution in [0.15, 0.2) is 47.3 Å². The van der Waals surface area contributed by atoms with Crippen LogP contribution in [0.2, 0.25) is 0 Å². The first-order valence-electron chi connectivity index (χ1n) is 11.7. The predicted octanol–water partition coefficient (Wildman–Crippen LogP) is 3.71. The highest BCUT2D eigenvalue weighted by Crippen LogP contribution is 2.32. The lowest BCUT2D eigenvalue weighted by atomic mass is 9.89. The normalized spacial score (nSPS) is 20.4. The Hall–Kier alpha value is -3.40. The number of fused-ring (bicyclic) bond motifs is 1. The number of H-pyrrole nitrogens is 1. The van der Waals surface area contributed by atoms with Gasteiger partial charge in [0, 0.05) is 13.0 Å². The van der Waals surface area contributed by atoms with Crippen LogP contribution in [0.25, 0.3) is 10.9 Å². The lowest BCUT2D eigenvalue weighted by Crippen LogP contribution is -2.44. The van der Waals surface area contributed by atoms with Crippen molar-refractivity contribution in [1.82, 2.24) is 20.0 Å². The Bertz CT molecular complexity index is 1340. The van der Waals surface area contributed by atoms with E-state index in [1.807, 2.05) is 12.1 Å². The van der Waals surface area contributed by atoms with Crippen molar-refractivity contribution in [2.75, 3.05) is 13.1 Å². The molecule has 0 saturated carbocycles. The van der Waals surface area contributed by atoms with Gasteiger partial charge in [-0.15, -0.1) is 0 Å². The third kappa shape index (κ3) is 4.75. The van der Waals surface area contributed by atoms with Gasteiger partial charge in [0.2, 0.25) is 5.91 Å². The van der Waals surface area contributed by atoms with Crippen molar-refractivity contribution in [2.45, 2.75) is 50.4 Å². The molecule has 0 radical (unpaired) electrons. The molecule has 5 rings (SSSR count). The van der Waals surface area contributed by atoms with E-state index in [0.717, 1.165) is 37.6 Å². The van der Waals surface area contributed by atoms with Gasteiger partial charge < -0.3 is 0 Å². The molecule has 2 aromatic carbocycles. The van der Waals surface area contributed by atoms with Gasteiger partial charge in [-0.1, -0.05) is 24.3 Å². The quantitative estimate of drug-likeness (QED) is 0.551. The van der Waals surface area contributed by atoms with E-state index in [0.29, 0.717) is 23.0 Å². The molecule has 184 valence electrons. The minimum atomic E-state index is -4.35. The summed E-state index contributed by atoms with van der Waals surface area (Å²) in [6, 6.07) is 10.4. The predicted molar refractivity (Wildman–Crippen MR) is 123 cm³/mol. The van der Waals surface area contributed by atoms with Gasteiger partial charge in [-0.3, -0.25) is 29.7 Å². The van der Waals surface area contributed by atoms with Gasteiger partial charge in [-0.05, 0) is 67.6 Å². The summed E-state index contributed by atoms with van der Waals surface area (Å²) < 4.78 is 40.3. The second-order valence-corrected chi connectivity index (χ2v) is 9.31. The van der Waals surface area contributed by atoms with Crippen LogP contribution < -0.4 is 10.9 Å². The molecule has 1 atom stereocenters.